The molecule has 7 nitrogen and oxygen atoms in total. The van der Waals surface area contributed by atoms with Gasteiger partial charge in [-0.15, -0.1) is 0 Å². The molecule has 0 saturated carbocycles. The number of carbonyl (C=O) groups excluding carboxylic acids is 1. The summed E-state index contributed by atoms with van der Waals surface area (Å²) < 4.78 is 0. The molecule has 154 valence electrons. The highest BCUT2D eigenvalue weighted by atomic mass is 16.2. The summed E-state index contributed by atoms with van der Waals surface area (Å²) in [5, 5.41) is 3.26. The van der Waals surface area contributed by atoms with Crippen LogP contribution in [-0.4, -0.2) is 72.0 Å². The fourth-order valence-electron chi connectivity index (χ4n) is 3.94. The second-order valence-electron chi connectivity index (χ2n) is 8.03. The van der Waals surface area contributed by atoms with Gasteiger partial charge >= 0.3 is 0 Å². The van der Waals surface area contributed by atoms with Gasteiger partial charge in [-0.2, -0.15) is 0 Å². The molecule has 2 fully saturated rings. The number of piperidine rings is 1. The van der Waals surface area contributed by atoms with E-state index in [0.717, 1.165) is 50.6 Å². The van der Waals surface area contributed by atoms with E-state index < -0.39 is 0 Å². The van der Waals surface area contributed by atoms with Crippen molar-refractivity contribution in [3.05, 3.63) is 41.7 Å². The summed E-state index contributed by atoms with van der Waals surface area (Å²) in [7, 11) is 2.08. The van der Waals surface area contributed by atoms with E-state index in [1.807, 2.05) is 11.8 Å². The zero-order chi connectivity index (χ0) is 20.2. The van der Waals surface area contributed by atoms with E-state index >= 15 is 0 Å². The van der Waals surface area contributed by atoms with Crippen molar-refractivity contribution in [1.82, 2.24) is 19.8 Å². The van der Waals surface area contributed by atoms with E-state index in [2.05, 4.69) is 56.4 Å². The monoisotopic (exact) mass is 394 g/mol. The number of nitrogens with zero attached hydrogens (tertiary/aromatic N) is 5. The second kappa shape index (κ2) is 8.78. The van der Waals surface area contributed by atoms with Gasteiger partial charge < -0.3 is 20.0 Å². The molecule has 7 heteroatoms. The van der Waals surface area contributed by atoms with Crippen molar-refractivity contribution in [3.63, 3.8) is 0 Å². The molecule has 0 bridgehead atoms. The standard InChI is InChI=1S/C22H30N6O/c1-17-16-20(21(29)28-14-12-26(2)13-15-28)25-22(23-17)24-18-6-8-19(9-7-18)27-10-4-3-5-11-27/h6-9,16H,3-5,10-15H2,1-2H3,(H,23,24,25). The van der Waals surface area contributed by atoms with Gasteiger partial charge in [0.2, 0.25) is 5.95 Å². The average Bonchev–Trinajstić information content (AvgIpc) is 2.74. The molecule has 2 aromatic rings. The highest BCUT2D eigenvalue weighted by Gasteiger charge is 2.22. The Hall–Kier alpha value is -2.67. The second-order valence-corrected chi connectivity index (χ2v) is 8.03. The van der Waals surface area contributed by atoms with Crippen LogP contribution in [0.2, 0.25) is 0 Å². The van der Waals surface area contributed by atoms with Crippen molar-refractivity contribution in [2.45, 2.75) is 26.2 Å². The molecular weight excluding hydrogens is 364 g/mol. The molecule has 0 atom stereocenters. The third-order valence-electron chi connectivity index (χ3n) is 5.71. The number of likely N-dealkylation sites (N-methyl/N-ethyl adjacent to an activating group) is 1. The van der Waals surface area contributed by atoms with Crippen molar-refractivity contribution in [2.24, 2.45) is 0 Å². The maximum atomic E-state index is 12.9. The summed E-state index contributed by atoms with van der Waals surface area (Å²) >= 11 is 0. The van der Waals surface area contributed by atoms with Gasteiger partial charge in [0.05, 0.1) is 0 Å². The number of nitrogens with one attached hydrogen (secondary N) is 1. The van der Waals surface area contributed by atoms with E-state index in [9.17, 15) is 4.79 Å². The summed E-state index contributed by atoms with van der Waals surface area (Å²) in [6.45, 7) is 7.41. The summed E-state index contributed by atoms with van der Waals surface area (Å²) in [6, 6.07) is 10.2. The molecule has 3 heterocycles. The van der Waals surface area contributed by atoms with Crippen LogP contribution in [0.1, 0.15) is 35.4 Å². The molecular formula is C22H30N6O. The average molecular weight is 395 g/mol. The van der Waals surface area contributed by atoms with E-state index in [0.29, 0.717) is 11.6 Å². The third kappa shape index (κ3) is 4.85. The van der Waals surface area contributed by atoms with E-state index in [1.165, 1.54) is 24.9 Å². The predicted octanol–water partition coefficient (Wildman–Crippen LogP) is 2.91. The number of rotatable bonds is 4. The molecule has 0 radical (unpaired) electrons. The minimum atomic E-state index is -0.0212. The number of hydrogen-bond acceptors (Lipinski definition) is 6. The highest BCUT2D eigenvalue weighted by Crippen LogP contribution is 2.23. The van der Waals surface area contributed by atoms with Gasteiger partial charge in [-0.1, -0.05) is 0 Å². The lowest BCUT2D eigenvalue weighted by molar-refractivity contribution is 0.0658. The maximum absolute atomic E-state index is 12.9. The number of hydrogen-bond donors (Lipinski definition) is 1. The minimum Gasteiger partial charge on any atom is -0.372 e. The molecule has 0 unspecified atom stereocenters. The van der Waals surface area contributed by atoms with Crippen LogP contribution in [0.15, 0.2) is 30.3 Å². The Kier molecular flexibility index (Phi) is 5.94. The number of anilines is 3. The lowest BCUT2D eigenvalue weighted by Gasteiger charge is -2.32. The molecule has 1 aromatic heterocycles. The van der Waals surface area contributed by atoms with E-state index in [-0.39, 0.29) is 5.91 Å². The maximum Gasteiger partial charge on any atom is 0.272 e. The molecule has 1 N–H and O–H groups in total. The first kappa shape index (κ1) is 19.6. The Morgan fingerprint density at radius 2 is 1.62 bits per heavy atom. The first-order valence-electron chi connectivity index (χ1n) is 10.5. The molecule has 0 aliphatic carbocycles. The van der Waals surface area contributed by atoms with Crippen LogP contribution in [-0.2, 0) is 0 Å². The number of piperazine rings is 1. The summed E-state index contributed by atoms with van der Waals surface area (Å²) in [6.07, 6.45) is 3.86. The van der Waals surface area contributed by atoms with Crippen LogP contribution in [0.4, 0.5) is 17.3 Å². The van der Waals surface area contributed by atoms with E-state index in [1.54, 1.807) is 6.07 Å². The lowest BCUT2D eigenvalue weighted by Crippen LogP contribution is -2.47. The van der Waals surface area contributed by atoms with Gasteiger partial charge in [0.25, 0.3) is 5.91 Å². The number of aryl methyl sites for hydroxylation is 1. The van der Waals surface area contributed by atoms with Gasteiger partial charge in [0, 0.05) is 56.3 Å². The highest BCUT2D eigenvalue weighted by molar-refractivity contribution is 5.92. The van der Waals surface area contributed by atoms with Gasteiger partial charge in [-0.25, -0.2) is 9.97 Å². The molecule has 0 spiro atoms. The smallest absolute Gasteiger partial charge is 0.272 e. The first-order valence-corrected chi connectivity index (χ1v) is 10.5. The van der Waals surface area contributed by atoms with E-state index in [4.69, 9.17) is 0 Å². The number of aromatic nitrogens is 2. The molecule has 1 aromatic carbocycles. The van der Waals surface area contributed by atoms with Crippen LogP contribution >= 0.6 is 0 Å². The van der Waals surface area contributed by atoms with Crippen molar-refractivity contribution in [3.8, 4) is 0 Å². The van der Waals surface area contributed by atoms with Gasteiger partial charge in [0.1, 0.15) is 5.69 Å². The van der Waals surface area contributed by atoms with Crippen molar-refractivity contribution in [2.75, 3.05) is 56.5 Å². The largest absolute Gasteiger partial charge is 0.372 e. The fourth-order valence-corrected chi connectivity index (χ4v) is 3.94. The molecule has 29 heavy (non-hydrogen) atoms. The van der Waals surface area contributed by atoms with Crippen LogP contribution in [0, 0.1) is 6.92 Å². The fraction of sp³-hybridized carbons (Fsp3) is 0.500. The molecule has 2 aliphatic heterocycles. The van der Waals surface area contributed by atoms with Crippen molar-refractivity contribution >= 4 is 23.2 Å². The summed E-state index contributed by atoms with van der Waals surface area (Å²) in [5.41, 5.74) is 3.42. The normalized spacial score (nSPS) is 18.0. The van der Waals surface area contributed by atoms with Crippen LogP contribution < -0.4 is 10.2 Å². The number of carbonyl (C=O) groups is 1. The molecule has 2 saturated heterocycles. The summed E-state index contributed by atoms with van der Waals surface area (Å²) in [4.78, 5) is 28.4. The van der Waals surface area contributed by atoms with Crippen LogP contribution in [0.5, 0.6) is 0 Å². The number of amides is 1. The topological polar surface area (TPSA) is 64.6 Å². The molecule has 1 amide bonds. The SMILES string of the molecule is Cc1cc(C(=O)N2CCN(C)CC2)nc(Nc2ccc(N3CCCCC3)cc2)n1. The van der Waals surface area contributed by atoms with Gasteiger partial charge in [0.15, 0.2) is 0 Å². The van der Waals surface area contributed by atoms with Gasteiger partial charge in [-0.3, -0.25) is 4.79 Å². The quantitative estimate of drug-likeness (QED) is 0.860. The Morgan fingerprint density at radius 1 is 0.931 bits per heavy atom. The third-order valence-corrected chi connectivity index (χ3v) is 5.71. The molecule has 2 aliphatic rings. The Balaban J connectivity index is 1.45. The number of benzene rings is 1. The van der Waals surface area contributed by atoms with Crippen molar-refractivity contribution < 1.29 is 4.79 Å². The Labute approximate surface area is 172 Å². The van der Waals surface area contributed by atoms with Crippen molar-refractivity contribution in [1.29, 1.82) is 0 Å². The first-order chi connectivity index (χ1) is 14.1. The lowest BCUT2D eigenvalue weighted by atomic mass is 10.1. The predicted molar refractivity (Wildman–Crippen MR) is 116 cm³/mol. The summed E-state index contributed by atoms with van der Waals surface area (Å²) in [5.74, 6) is 0.445. The zero-order valence-electron chi connectivity index (χ0n) is 17.4. The molecule has 4 rings (SSSR count). The zero-order valence-corrected chi connectivity index (χ0v) is 17.4. The Morgan fingerprint density at radius 3 is 2.31 bits per heavy atom. The Bertz CT molecular complexity index is 839. The van der Waals surface area contributed by atoms with Crippen LogP contribution in [0.3, 0.4) is 0 Å². The minimum absolute atomic E-state index is 0.0212. The van der Waals surface area contributed by atoms with Gasteiger partial charge in [-0.05, 0) is 63.6 Å². The van der Waals surface area contributed by atoms with Crippen LogP contribution in [0.25, 0.3) is 0 Å².